The van der Waals surface area contributed by atoms with Gasteiger partial charge in [-0.05, 0) is 20.3 Å². The summed E-state index contributed by atoms with van der Waals surface area (Å²) in [7, 11) is 0. The highest BCUT2D eigenvalue weighted by molar-refractivity contribution is 5.93. The van der Waals surface area contributed by atoms with Crippen molar-refractivity contribution >= 4 is 23.8 Å². The van der Waals surface area contributed by atoms with Crippen molar-refractivity contribution < 1.29 is 29.0 Å². The van der Waals surface area contributed by atoms with Gasteiger partial charge in [0.2, 0.25) is 11.8 Å². The molecule has 2 amide bonds. The molecule has 3 atom stereocenters. The van der Waals surface area contributed by atoms with Gasteiger partial charge in [-0.1, -0.05) is 6.92 Å². The van der Waals surface area contributed by atoms with Crippen molar-refractivity contribution in [2.45, 2.75) is 51.7 Å². The summed E-state index contributed by atoms with van der Waals surface area (Å²) in [6.07, 6.45) is 0.0134. The van der Waals surface area contributed by atoms with Gasteiger partial charge in [-0.3, -0.25) is 14.4 Å². The summed E-state index contributed by atoms with van der Waals surface area (Å²) in [6.45, 7) is 4.85. The molecule has 0 aliphatic heterocycles. The maximum atomic E-state index is 12.0. The lowest BCUT2D eigenvalue weighted by Gasteiger charge is -2.20. The average Bonchev–Trinajstić information content (AvgIpc) is 2.42. The molecule has 9 heteroatoms. The van der Waals surface area contributed by atoms with E-state index in [0.717, 1.165) is 0 Å². The first-order valence-corrected chi connectivity index (χ1v) is 6.93. The van der Waals surface area contributed by atoms with Crippen molar-refractivity contribution in [2.75, 3.05) is 6.61 Å². The van der Waals surface area contributed by atoms with Crippen LogP contribution in [0.4, 0.5) is 0 Å². The zero-order valence-corrected chi connectivity index (χ0v) is 12.9. The molecule has 0 radical (unpaired) electrons. The monoisotopic (exact) mass is 317 g/mol. The summed E-state index contributed by atoms with van der Waals surface area (Å²) >= 11 is 0. The van der Waals surface area contributed by atoms with Crippen LogP contribution in [0.1, 0.15) is 33.6 Å². The van der Waals surface area contributed by atoms with Crippen LogP contribution in [0.15, 0.2) is 0 Å². The zero-order chi connectivity index (χ0) is 17.3. The average molecular weight is 317 g/mol. The maximum Gasteiger partial charge on any atom is 0.328 e. The molecular weight excluding hydrogens is 294 g/mol. The van der Waals surface area contributed by atoms with E-state index in [-0.39, 0.29) is 6.61 Å². The van der Waals surface area contributed by atoms with Gasteiger partial charge in [0.25, 0.3) is 0 Å². The SMILES string of the molecule is CCCOC(=O)[C@@H](C)NC(=O)[C@H](CC(=O)O)NC(=O)[C@@H](C)N. The van der Waals surface area contributed by atoms with Crippen molar-refractivity contribution in [2.24, 2.45) is 5.73 Å². The number of aliphatic carboxylic acids is 1. The molecule has 0 bridgehead atoms. The van der Waals surface area contributed by atoms with Gasteiger partial charge >= 0.3 is 11.9 Å². The minimum absolute atomic E-state index is 0.221. The highest BCUT2D eigenvalue weighted by Gasteiger charge is 2.27. The Bertz CT molecular complexity index is 424. The van der Waals surface area contributed by atoms with Crippen LogP contribution in [-0.4, -0.2) is 53.6 Å². The Kier molecular flexibility index (Phi) is 8.76. The van der Waals surface area contributed by atoms with Crippen molar-refractivity contribution in [1.29, 1.82) is 0 Å². The zero-order valence-electron chi connectivity index (χ0n) is 12.9. The number of nitrogens with one attached hydrogen (secondary N) is 2. The molecule has 126 valence electrons. The van der Waals surface area contributed by atoms with E-state index in [4.69, 9.17) is 15.6 Å². The molecule has 0 aromatic rings. The van der Waals surface area contributed by atoms with Crippen molar-refractivity contribution in [1.82, 2.24) is 10.6 Å². The van der Waals surface area contributed by atoms with E-state index in [2.05, 4.69) is 10.6 Å². The number of hydrogen-bond acceptors (Lipinski definition) is 6. The molecule has 0 fully saturated rings. The number of amides is 2. The molecule has 9 nitrogen and oxygen atoms in total. The summed E-state index contributed by atoms with van der Waals surface area (Å²) in [5.41, 5.74) is 5.35. The Morgan fingerprint density at radius 2 is 1.73 bits per heavy atom. The van der Waals surface area contributed by atoms with E-state index in [1.54, 1.807) is 0 Å². The van der Waals surface area contributed by atoms with Crippen LogP contribution >= 0.6 is 0 Å². The number of carbonyl (C=O) groups excluding carboxylic acids is 3. The quantitative estimate of drug-likeness (QED) is 0.388. The maximum absolute atomic E-state index is 12.0. The first-order valence-electron chi connectivity index (χ1n) is 6.93. The third-order valence-corrected chi connectivity index (χ3v) is 2.59. The van der Waals surface area contributed by atoms with Crippen molar-refractivity contribution in [3.63, 3.8) is 0 Å². The second kappa shape index (κ2) is 9.72. The third kappa shape index (κ3) is 7.58. The molecule has 0 aromatic heterocycles. The molecular formula is C13H23N3O6. The molecule has 0 aliphatic carbocycles. The van der Waals surface area contributed by atoms with Crippen molar-refractivity contribution in [3.8, 4) is 0 Å². The first-order chi connectivity index (χ1) is 10.2. The lowest BCUT2D eigenvalue weighted by molar-refractivity contribution is -0.147. The summed E-state index contributed by atoms with van der Waals surface area (Å²) in [6, 6.07) is -3.17. The lowest BCUT2D eigenvalue weighted by Crippen LogP contribution is -2.54. The highest BCUT2D eigenvalue weighted by Crippen LogP contribution is 1.97. The lowest BCUT2D eigenvalue weighted by atomic mass is 10.1. The van der Waals surface area contributed by atoms with Gasteiger partial charge < -0.3 is 26.2 Å². The van der Waals surface area contributed by atoms with Crippen LogP contribution in [0.3, 0.4) is 0 Å². The van der Waals surface area contributed by atoms with Gasteiger partial charge in [0.15, 0.2) is 0 Å². The summed E-state index contributed by atoms with van der Waals surface area (Å²) < 4.78 is 4.86. The number of carboxylic acid groups (broad SMARTS) is 1. The number of carboxylic acids is 1. The van der Waals surface area contributed by atoms with E-state index < -0.39 is 48.3 Å². The summed E-state index contributed by atoms with van der Waals surface area (Å²) in [5, 5.41) is 13.3. The van der Waals surface area contributed by atoms with Crippen LogP contribution in [-0.2, 0) is 23.9 Å². The topological polar surface area (TPSA) is 148 Å². The number of ether oxygens (including phenoxy) is 1. The van der Waals surface area contributed by atoms with E-state index in [9.17, 15) is 19.2 Å². The fraction of sp³-hybridized carbons (Fsp3) is 0.692. The van der Waals surface area contributed by atoms with Gasteiger partial charge in [-0.25, -0.2) is 4.79 Å². The number of hydrogen-bond donors (Lipinski definition) is 4. The molecule has 0 aromatic carbocycles. The standard InChI is InChI=1S/C13H23N3O6/c1-4-5-22-13(21)8(3)15-12(20)9(6-10(17)18)16-11(19)7(2)14/h7-9H,4-6,14H2,1-3H3,(H,15,20)(H,16,19)(H,17,18)/t7-,8-,9+/m1/s1. The van der Waals surface area contributed by atoms with E-state index in [1.807, 2.05) is 6.92 Å². The Balaban J connectivity index is 4.71. The van der Waals surface area contributed by atoms with Gasteiger partial charge in [-0.2, -0.15) is 0 Å². The molecule has 0 saturated carbocycles. The van der Waals surface area contributed by atoms with Gasteiger partial charge in [0.05, 0.1) is 19.1 Å². The third-order valence-electron chi connectivity index (χ3n) is 2.59. The van der Waals surface area contributed by atoms with E-state index in [0.29, 0.717) is 6.42 Å². The fourth-order valence-corrected chi connectivity index (χ4v) is 1.39. The smallest absolute Gasteiger partial charge is 0.328 e. The molecule has 5 N–H and O–H groups in total. The van der Waals surface area contributed by atoms with Crippen LogP contribution in [0.2, 0.25) is 0 Å². The van der Waals surface area contributed by atoms with E-state index >= 15 is 0 Å². The second-order valence-corrected chi connectivity index (χ2v) is 4.85. The molecule has 0 rings (SSSR count). The van der Waals surface area contributed by atoms with Gasteiger partial charge in [0.1, 0.15) is 12.1 Å². The molecule has 0 spiro atoms. The molecule has 0 saturated heterocycles. The van der Waals surface area contributed by atoms with Crippen LogP contribution < -0.4 is 16.4 Å². The molecule has 0 aliphatic rings. The minimum atomic E-state index is -1.32. The minimum Gasteiger partial charge on any atom is -0.481 e. The highest BCUT2D eigenvalue weighted by atomic mass is 16.5. The van der Waals surface area contributed by atoms with Crippen molar-refractivity contribution in [3.05, 3.63) is 0 Å². The molecule has 0 unspecified atom stereocenters. The Morgan fingerprint density at radius 1 is 1.14 bits per heavy atom. The molecule has 22 heavy (non-hydrogen) atoms. The van der Waals surface area contributed by atoms with Crippen LogP contribution in [0, 0.1) is 0 Å². The summed E-state index contributed by atoms with van der Waals surface area (Å²) in [4.78, 5) is 45.8. The number of rotatable bonds is 9. The molecule has 0 heterocycles. The van der Waals surface area contributed by atoms with Crippen LogP contribution in [0.5, 0.6) is 0 Å². The number of nitrogens with two attached hydrogens (primary N) is 1. The van der Waals surface area contributed by atoms with Gasteiger partial charge in [-0.15, -0.1) is 0 Å². The van der Waals surface area contributed by atoms with Gasteiger partial charge in [0, 0.05) is 0 Å². The predicted molar refractivity (Wildman–Crippen MR) is 76.7 cm³/mol. The van der Waals surface area contributed by atoms with Crippen LogP contribution in [0.25, 0.3) is 0 Å². The Hall–Kier alpha value is -2.16. The summed E-state index contributed by atoms with van der Waals surface area (Å²) in [5.74, 6) is -3.37. The predicted octanol–water partition coefficient (Wildman–Crippen LogP) is -1.25. The first kappa shape index (κ1) is 19.8. The largest absolute Gasteiger partial charge is 0.481 e. The number of carbonyl (C=O) groups is 4. The normalized spacial score (nSPS) is 14.4. The fourth-order valence-electron chi connectivity index (χ4n) is 1.39. The number of esters is 1. The van der Waals surface area contributed by atoms with E-state index in [1.165, 1.54) is 13.8 Å². The Labute approximate surface area is 128 Å². The second-order valence-electron chi connectivity index (χ2n) is 4.85. The Morgan fingerprint density at radius 3 is 2.18 bits per heavy atom.